The van der Waals surface area contributed by atoms with Gasteiger partial charge in [-0.15, -0.1) is 0 Å². The molecule has 3 heterocycles. The van der Waals surface area contributed by atoms with Crippen LogP contribution in [0.4, 0.5) is 27.9 Å². The van der Waals surface area contributed by atoms with Gasteiger partial charge in [-0.2, -0.15) is 4.98 Å². The largest absolute Gasteiger partial charge is 0.495 e. The molecule has 2 aromatic rings. The van der Waals surface area contributed by atoms with Crippen LogP contribution in [0.2, 0.25) is 0 Å². The maximum atomic E-state index is 13.5. The minimum absolute atomic E-state index is 0.0336. The number of benzene rings is 1. The van der Waals surface area contributed by atoms with Crippen molar-refractivity contribution in [3.8, 4) is 5.75 Å². The van der Waals surface area contributed by atoms with Gasteiger partial charge in [-0.25, -0.2) is 14.6 Å². The van der Waals surface area contributed by atoms with E-state index in [9.17, 15) is 24.3 Å². The Hall–Kier alpha value is -4.66. The van der Waals surface area contributed by atoms with Crippen LogP contribution >= 0.6 is 0 Å². The molecule has 56 heavy (non-hydrogen) atoms. The van der Waals surface area contributed by atoms with Crippen molar-refractivity contribution >= 4 is 47.0 Å². The first-order valence-electron chi connectivity index (χ1n) is 20.4. The number of nitrogens with one attached hydrogen (secondary N) is 3. The molecule has 1 aromatic heterocycles. The number of carbonyl (C=O) groups is 4. The summed E-state index contributed by atoms with van der Waals surface area (Å²) in [4.78, 5) is 67.6. The van der Waals surface area contributed by atoms with Gasteiger partial charge >= 0.3 is 12.1 Å². The zero-order valence-electron chi connectivity index (χ0n) is 33.5. The molecule has 1 aromatic carbocycles. The number of carboxylic acids is 1. The van der Waals surface area contributed by atoms with E-state index in [1.807, 2.05) is 6.92 Å². The highest BCUT2D eigenvalue weighted by atomic mass is 16.6. The molecule has 3 aliphatic carbocycles. The van der Waals surface area contributed by atoms with Crippen LogP contribution in [0.5, 0.6) is 5.75 Å². The quantitative estimate of drug-likeness (QED) is 0.210. The Morgan fingerprint density at radius 2 is 1.71 bits per heavy atom. The lowest BCUT2D eigenvalue weighted by Gasteiger charge is -2.43. The molecule has 304 valence electrons. The van der Waals surface area contributed by atoms with Gasteiger partial charge in [0.15, 0.2) is 5.82 Å². The zero-order valence-corrected chi connectivity index (χ0v) is 33.5. The fourth-order valence-electron chi connectivity index (χ4n) is 9.71. The Kier molecular flexibility index (Phi) is 11.4. The number of carboxylic acid groups (broad SMARTS) is 1. The van der Waals surface area contributed by atoms with Crippen LogP contribution < -0.4 is 30.5 Å². The second-order valence-electron chi connectivity index (χ2n) is 17.3. The summed E-state index contributed by atoms with van der Waals surface area (Å²) in [5.74, 6) is 0.939. The Bertz CT molecular complexity index is 1790. The van der Waals surface area contributed by atoms with Gasteiger partial charge < -0.3 is 45.2 Å². The number of aliphatic carboxylic acids is 1. The van der Waals surface area contributed by atoms with Crippen LogP contribution in [-0.2, 0) is 14.3 Å². The molecule has 2 aliphatic heterocycles. The van der Waals surface area contributed by atoms with Crippen molar-refractivity contribution in [2.45, 2.75) is 115 Å². The topological polar surface area (TPSA) is 179 Å². The SMILES string of the molecule is CC[C@@H]1C(=O)N(C)c2cnc(Nc3ccc(C(=O)NC4C5CN(CC(C6CCCC6)[C@H](NC(=O)OC(C)(C)C)C(=O)O)CC54)cc3OC)nc2N1C1CCCC1. The van der Waals surface area contributed by atoms with Crippen molar-refractivity contribution in [3.63, 3.8) is 0 Å². The van der Waals surface area contributed by atoms with E-state index >= 15 is 0 Å². The average Bonchev–Trinajstić information content (AvgIpc) is 3.74. The predicted octanol–water partition coefficient (Wildman–Crippen LogP) is 5.18. The molecule has 0 bridgehead atoms. The summed E-state index contributed by atoms with van der Waals surface area (Å²) in [7, 11) is 3.34. The van der Waals surface area contributed by atoms with Crippen molar-refractivity contribution in [1.29, 1.82) is 0 Å². The fourth-order valence-corrected chi connectivity index (χ4v) is 9.71. The highest BCUT2D eigenvalue weighted by Crippen LogP contribution is 2.47. The Labute approximate surface area is 329 Å². The summed E-state index contributed by atoms with van der Waals surface area (Å²) in [5.41, 5.74) is 1.04. The van der Waals surface area contributed by atoms with E-state index in [1.165, 1.54) is 0 Å². The van der Waals surface area contributed by atoms with E-state index in [0.717, 1.165) is 70.3 Å². The molecule has 7 rings (SSSR count). The number of alkyl carbamates (subject to hydrolysis) is 1. The predicted molar refractivity (Wildman–Crippen MR) is 211 cm³/mol. The number of anilines is 4. The number of carbonyl (C=O) groups excluding carboxylic acids is 3. The van der Waals surface area contributed by atoms with Gasteiger partial charge in [-0.1, -0.05) is 45.4 Å². The molecule has 0 radical (unpaired) electrons. The number of hydrogen-bond acceptors (Lipinski definition) is 11. The molecule has 5 aliphatic rings. The third-order valence-electron chi connectivity index (χ3n) is 12.5. The molecule has 1 saturated heterocycles. The normalized spacial score (nSPS) is 25.0. The summed E-state index contributed by atoms with van der Waals surface area (Å²) in [6.07, 6.45) is 10.0. The molecular formula is C41H58N8O7. The number of amides is 3. The lowest BCUT2D eigenvalue weighted by atomic mass is 9.84. The number of rotatable bonds is 13. The van der Waals surface area contributed by atoms with Crippen molar-refractivity contribution in [1.82, 2.24) is 25.5 Å². The van der Waals surface area contributed by atoms with E-state index in [0.29, 0.717) is 41.6 Å². The number of nitrogens with zero attached hydrogens (tertiary/aromatic N) is 5. The number of methoxy groups -OCH3 is 1. The van der Waals surface area contributed by atoms with Crippen molar-refractivity contribution in [3.05, 3.63) is 30.0 Å². The van der Waals surface area contributed by atoms with Gasteiger partial charge in [-0.05, 0) is 76.0 Å². The number of hydrogen-bond donors (Lipinski definition) is 4. The number of likely N-dealkylation sites (tertiary alicyclic amines) is 1. The first kappa shape index (κ1) is 39.6. The van der Waals surface area contributed by atoms with E-state index < -0.39 is 23.7 Å². The van der Waals surface area contributed by atoms with E-state index in [2.05, 4.69) is 30.7 Å². The minimum Gasteiger partial charge on any atom is -0.495 e. The summed E-state index contributed by atoms with van der Waals surface area (Å²) < 4.78 is 11.1. The van der Waals surface area contributed by atoms with Gasteiger partial charge in [0.25, 0.3) is 5.91 Å². The van der Waals surface area contributed by atoms with Crippen molar-refractivity contribution in [2.24, 2.45) is 23.7 Å². The number of likely N-dealkylation sites (N-methyl/N-ethyl adjacent to an activating group) is 1. The van der Waals surface area contributed by atoms with Crippen LogP contribution in [0.3, 0.4) is 0 Å². The molecule has 4 N–H and O–H groups in total. The number of ether oxygens (including phenoxy) is 2. The van der Waals surface area contributed by atoms with Gasteiger partial charge in [0.05, 0.1) is 19.0 Å². The molecule has 3 amide bonds. The number of fused-ring (bicyclic) bond motifs is 2. The summed E-state index contributed by atoms with van der Waals surface area (Å²) in [6.45, 7) is 9.39. The van der Waals surface area contributed by atoms with Crippen LogP contribution in [0.15, 0.2) is 24.4 Å². The first-order chi connectivity index (χ1) is 26.8. The summed E-state index contributed by atoms with van der Waals surface area (Å²) >= 11 is 0. The minimum atomic E-state index is -1.05. The van der Waals surface area contributed by atoms with E-state index in [1.54, 1.807) is 64.2 Å². The summed E-state index contributed by atoms with van der Waals surface area (Å²) in [5, 5.41) is 19.4. The van der Waals surface area contributed by atoms with Crippen molar-refractivity contribution in [2.75, 3.05) is 48.9 Å². The smallest absolute Gasteiger partial charge is 0.408 e. The molecule has 15 heteroatoms. The molecular weight excluding hydrogens is 716 g/mol. The van der Waals surface area contributed by atoms with Gasteiger partial charge in [-0.3, -0.25) is 9.59 Å². The van der Waals surface area contributed by atoms with Crippen LogP contribution in [-0.4, -0.2) is 107 Å². The highest BCUT2D eigenvalue weighted by Gasteiger charge is 2.57. The third kappa shape index (κ3) is 8.23. The van der Waals surface area contributed by atoms with Gasteiger partial charge in [0.1, 0.15) is 29.1 Å². The van der Waals surface area contributed by atoms with Gasteiger partial charge in [0, 0.05) is 50.2 Å². The fraction of sp³-hybridized carbons (Fsp3) is 0.659. The zero-order chi connectivity index (χ0) is 39.9. The number of aromatic nitrogens is 2. The van der Waals surface area contributed by atoms with Crippen LogP contribution in [0.1, 0.15) is 95.8 Å². The first-order valence-corrected chi connectivity index (χ1v) is 20.4. The maximum absolute atomic E-state index is 13.5. The second kappa shape index (κ2) is 16.1. The average molecular weight is 775 g/mol. The lowest BCUT2D eigenvalue weighted by molar-refractivity contribution is -0.142. The van der Waals surface area contributed by atoms with Crippen LogP contribution in [0, 0.1) is 23.7 Å². The van der Waals surface area contributed by atoms with Crippen molar-refractivity contribution < 1.29 is 33.8 Å². The maximum Gasteiger partial charge on any atom is 0.408 e. The number of piperidine rings is 1. The molecule has 3 saturated carbocycles. The molecule has 3 unspecified atom stereocenters. The second-order valence-corrected chi connectivity index (χ2v) is 17.3. The molecule has 15 nitrogen and oxygen atoms in total. The molecule has 5 atom stereocenters. The Morgan fingerprint density at radius 1 is 1.04 bits per heavy atom. The summed E-state index contributed by atoms with van der Waals surface area (Å²) in [6, 6.07) is 4.23. The monoisotopic (exact) mass is 774 g/mol. The van der Waals surface area contributed by atoms with Gasteiger partial charge in [0.2, 0.25) is 11.9 Å². The van der Waals surface area contributed by atoms with E-state index in [-0.39, 0.29) is 53.6 Å². The molecule has 4 fully saturated rings. The lowest BCUT2D eigenvalue weighted by Crippen LogP contribution is -2.55. The Balaban J connectivity index is 0.978. The van der Waals surface area contributed by atoms with Crippen LogP contribution in [0.25, 0.3) is 0 Å². The Morgan fingerprint density at radius 3 is 2.34 bits per heavy atom. The standard InChI is InChI=1S/C41H58N8O7/c1-7-30-37(51)47(5)31-19-42-39(46-35(31)49(30)25-14-10-11-15-25)43-29-17-16-24(18-32(29)55-6)36(50)44-33-27-21-48(22-28(27)33)20-26(23-12-8-9-13-23)34(38(52)53)45-40(54)56-41(2,3)4/h16-19,23,25-28,30,33-34H,7-15,20-22H2,1-6H3,(H,44,50)(H,45,54)(H,52,53)(H,42,43,46)/t26?,27?,28?,30-,33?,34+/m1/s1. The van der Waals surface area contributed by atoms with E-state index in [4.69, 9.17) is 14.5 Å². The highest BCUT2D eigenvalue weighted by molar-refractivity contribution is 6.04. The molecule has 0 spiro atoms. The third-order valence-corrected chi connectivity index (χ3v) is 12.5.